The number of para-hydroxylation sites is 1. The van der Waals surface area contributed by atoms with Gasteiger partial charge in [-0.25, -0.2) is 0 Å². The Morgan fingerprint density at radius 1 is 1.19 bits per heavy atom. The van der Waals surface area contributed by atoms with Crippen molar-refractivity contribution in [2.75, 3.05) is 5.32 Å². The predicted octanol–water partition coefficient (Wildman–Crippen LogP) is -0.510. The molecule has 0 fully saturated rings. The van der Waals surface area contributed by atoms with Crippen LogP contribution in [0.25, 0.3) is 0 Å². The second kappa shape index (κ2) is 7.25. The molecule has 6 nitrogen and oxygen atoms in total. The van der Waals surface area contributed by atoms with Gasteiger partial charge in [0.15, 0.2) is 5.76 Å². The van der Waals surface area contributed by atoms with Gasteiger partial charge < -0.3 is 25.0 Å². The summed E-state index contributed by atoms with van der Waals surface area (Å²) in [6.07, 6.45) is 1.34. The Hall–Kier alpha value is -2.60. The maximum Gasteiger partial charge on any atom is 0.230 e. The number of aliphatic carboxylic acids is 1. The maximum atomic E-state index is 11.8. The molecule has 0 aliphatic rings. The molecule has 1 aromatic carbocycles. The molecular weight excluding hydrogens is 272 g/mol. The number of carboxylic acids is 1. The average molecular weight is 288 g/mol. The van der Waals surface area contributed by atoms with Crippen LogP contribution in [0, 0.1) is 0 Å². The summed E-state index contributed by atoms with van der Waals surface area (Å²) in [7, 11) is 0. The van der Waals surface area contributed by atoms with Crippen LogP contribution in [-0.4, -0.2) is 17.9 Å². The van der Waals surface area contributed by atoms with Crippen molar-refractivity contribution in [3.05, 3.63) is 54.5 Å². The lowest BCUT2D eigenvalue weighted by Crippen LogP contribution is -2.92. The van der Waals surface area contributed by atoms with Crippen LogP contribution in [0.1, 0.15) is 12.2 Å². The van der Waals surface area contributed by atoms with Crippen molar-refractivity contribution in [3.63, 3.8) is 0 Å². The number of carboxylic acid groups (broad SMARTS) is 1. The first-order valence-electron chi connectivity index (χ1n) is 6.56. The molecule has 110 valence electrons. The Morgan fingerprint density at radius 2 is 1.95 bits per heavy atom. The average Bonchev–Trinajstić information content (AvgIpc) is 2.97. The number of nitrogens with two attached hydrogens (primary N) is 1. The topological polar surface area (TPSA) is 99.0 Å². The Labute approximate surface area is 121 Å². The lowest BCUT2D eigenvalue weighted by molar-refractivity contribution is -0.698. The van der Waals surface area contributed by atoms with Gasteiger partial charge in [-0.15, -0.1) is 0 Å². The van der Waals surface area contributed by atoms with E-state index >= 15 is 0 Å². The fourth-order valence-corrected chi connectivity index (χ4v) is 1.88. The molecule has 3 N–H and O–H groups in total. The van der Waals surface area contributed by atoms with Gasteiger partial charge in [0.25, 0.3) is 0 Å². The van der Waals surface area contributed by atoms with Gasteiger partial charge in [0.2, 0.25) is 5.91 Å². The highest BCUT2D eigenvalue weighted by Gasteiger charge is 2.18. The first-order valence-corrected chi connectivity index (χ1v) is 6.56. The molecular formula is C15H16N2O4. The van der Waals surface area contributed by atoms with Crippen LogP contribution in [0.4, 0.5) is 5.69 Å². The molecule has 0 aliphatic heterocycles. The zero-order chi connectivity index (χ0) is 15.1. The maximum absolute atomic E-state index is 11.8. The molecule has 2 aromatic rings. The van der Waals surface area contributed by atoms with E-state index < -0.39 is 12.0 Å². The summed E-state index contributed by atoms with van der Waals surface area (Å²) < 4.78 is 5.12. The van der Waals surface area contributed by atoms with E-state index in [4.69, 9.17) is 4.42 Å². The lowest BCUT2D eigenvalue weighted by atomic mass is 10.2. The molecule has 2 rings (SSSR count). The molecule has 1 amide bonds. The van der Waals surface area contributed by atoms with Gasteiger partial charge in [-0.3, -0.25) is 4.79 Å². The quantitative estimate of drug-likeness (QED) is 0.717. The summed E-state index contributed by atoms with van der Waals surface area (Å²) >= 11 is 0. The third-order valence-electron chi connectivity index (χ3n) is 2.95. The lowest BCUT2D eigenvalue weighted by Gasteiger charge is -2.15. The van der Waals surface area contributed by atoms with Crippen LogP contribution < -0.4 is 15.7 Å². The van der Waals surface area contributed by atoms with Gasteiger partial charge in [-0.2, -0.15) is 0 Å². The van der Waals surface area contributed by atoms with E-state index in [0.717, 1.165) is 0 Å². The summed E-state index contributed by atoms with van der Waals surface area (Å²) in [5.74, 6) is -0.999. The van der Waals surface area contributed by atoms with Crippen LogP contribution in [0.5, 0.6) is 0 Å². The molecule has 0 aliphatic carbocycles. The zero-order valence-electron chi connectivity index (χ0n) is 11.3. The number of benzene rings is 1. The summed E-state index contributed by atoms with van der Waals surface area (Å²) in [5, 5.41) is 15.3. The van der Waals surface area contributed by atoms with Crippen LogP contribution in [0.3, 0.4) is 0 Å². The second-order valence-electron chi connectivity index (χ2n) is 4.56. The summed E-state index contributed by atoms with van der Waals surface area (Å²) in [5.41, 5.74) is 0.630. The number of amides is 1. The summed E-state index contributed by atoms with van der Waals surface area (Å²) in [6.45, 7) is 0.338. The monoisotopic (exact) mass is 288 g/mol. The molecule has 1 atom stereocenters. The smallest absolute Gasteiger partial charge is 0.230 e. The van der Waals surface area contributed by atoms with Gasteiger partial charge in [-0.05, 0) is 24.3 Å². The van der Waals surface area contributed by atoms with E-state index in [-0.39, 0.29) is 12.3 Å². The van der Waals surface area contributed by atoms with Gasteiger partial charge in [0.1, 0.15) is 12.6 Å². The zero-order valence-corrected chi connectivity index (χ0v) is 11.3. The highest BCUT2D eigenvalue weighted by atomic mass is 16.4. The van der Waals surface area contributed by atoms with Crippen molar-refractivity contribution >= 4 is 17.6 Å². The van der Waals surface area contributed by atoms with Crippen molar-refractivity contribution < 1.29 is 24.4 Å². The van der Waals surface area contributed by atoms with Gasteiger partial charge in [0, 0.05) is 5.69 Å². The number of anilines is 1. The Kier molecular flexibility index (Phi) is 5.11. The van der Waals surface area contributed by atoms with E-state index in [1.807, 2.05) is 6.07 Å². The molecule has 0 radical (unpaired) electrons. The van der Waals surface area contributed by atoms with Crippen LogP contribution in [-0.2, 0) is 16.1 Å². The number of rotatable bonds is 7. The van der Waals surface area contributed by atoms with Crippen LogP contribution in [0.2, 0.25) is 0 Å². The Balaban J connectivity index is 1.87. The minimum atomic E-state index is -1.27. The van der Waals surface area contributed by atoms with E-state index in [2.05, 4.69) is 5.32 Å². The number of carbonyl (C=O) groups is 2. The highest BCUT2D eigenvalue weighted by Crippen LogP contribution is 2.05. The Morgan fingerprint density at radius 3 is 2.57 bits per heavy atom. The van der Waals surface area contributed by atoms with E-state index in [9.17, 15) is 14.7 Å². The summed E-state index contributed by atoms with van der Waals surface area (Å²) in [4.78, 5) is 22.9. The number of furan rings is 1. The first kappa shape index (κ1) is 14.8. The molecule has 6 heteroatoms. The number of nitrogens with one attached hydrogen (secondary N) is 1. The SMILES string of the molecule is O=C(C[C@@H]([NH2+]Cc1ccco1)C(=O)[O-])Nc1ccccc1. The van der Waals surface area contributed by atoms with Crippen molar-refractivity contribution in [3.8, 4) is 0 Å². The molecule has 21 heavy (non-hydrogen) atoms. The van der Waals surface area contributed by atoms with Crippen molar-refractivity contribution in [2.45, 2.75) is 19.0 Å². The highest BCUT2D eigenvalue weighted by molar-refractivity contribution is 5.93. The van der Waals surface area contributed by atoms with Gasteiger partial charge >= 0.3 is 0 Å². The molecule has 0 spiro atoms. The van der Waals surface area contributed by atoms with E-state index in [0.29, 0.717) is 18.0 Å². The normalized spacial score (nSPS) is 11.8. The Bertz CT molecular complexity index is 581. The number of carbonyl (C=O) groups excluding carboxylic acids is 2. The molecule has 0 saturated carbocycles. The first-order chi connectivity index (χ1) is 10.1. The summed E-state index contributed by atoms with van der Waals surface area (Å²) in [6, 6.07) is 11.4. The standard InChI is InChI=1S/C15H16N2O4/c18-14(17-11-5-2-1-3-6-11)9-13(15(19)20)16-10-12-7-4-8-21-12/h1-8,13,16H,9-10H2,(H,17,18)(H,19,20)/t13-/m1/s1. The molecule has 1 aromatic heterocycles. The van der Waals surface area contributed by atoms with Crippen LogP contribution in [0.15, 0.2) is 53.1 Å². The van der Waals surface area contributed by atoms with Crippen molar-refractivity contribution in [1.29, 1.82) is 0 Å². The van der Waals surface area contributed by atoms with E-state index in [1.54, 1.807) is 36.4 Å². The van der Waals surface area contributed by atoms with Crippen molar-refractivity contribution in [1.82, 2.24) is 0 Å². The third-order valence-corrected chi connectivity index (χ3v) is 2.95. The van der Waals surface area contributed by atoms with Gasteiger partial charge in [0.05, 0.1) is 18.7 Å². The fourth-order valence-electron chi connectivity index (χ4n) is 1.88. The minimum Gasteiger partial charge on any atom is -0.544 e. The van der Waals surface area contributed by atoms with E-state index in [1.165, 1.54) is 11.6 Å². The molecule has 0 unspecified atom stereocenters. The number of hydrogen-bond donors (Lipinski definition) is 2. The van der Waals surface area contributed by atoms with Crippen LogP contribution >= 0.6 is 0 Å². The third kappa shape index (κ3) is 4.77. The molecule has 1 heterocycles. The molecule has 0 saturated heterocycles. The predicted molar refractivity (Wildman–Crippen MR) is 72.8 cm³/mol. The van der Waals surface area contributed by atoms with Gasteiger partial charge in [-0.1, -0.05) is 18.2 Å². The fraction of sp³-hybridized carbons (Fsp3) is 0.200. The van der Waals surface area contributed by atoms with Crippen molar-refractivity contribution in [2.24, 2.45) is 0 Å². The largest absolute Gasteiger partial charge is 0.544 e. The molecule has 0 bridgehead atoms. The second-order valence-corrected chi connectivity index (χ2v) is 4.56. The number of hydrogen-bond acceptors (Lipinski definition) is 4. The number of quaternary nitrogens is 1. The minimum absolute atomic E-state index is 0.169.